The molecule has 0 spiro atoms. The van der Waals surface area contributed by atoms with Crippen LogP contribution in [0.3, 0.4) is 0 Å². The number of hydrogen-bond donors (Lipinski definition) is 1. The van der Waals surface area contributed by atoms with Gasteiger partial charge in [0.05, 0.1) is 24.2 Å². The molecule has 1 N–H and O–H groups in total. The van der Waals surface area contributed by atoms with Crippen LogP contribution in [0, 0.1) is 0 Å². The second kappa shape index (κ2) is 7.61. The molecule has 1 unspecified atom stereocenters. The maximum atomic E-state index is 12.3. The fraction of sp³-hybridized carbons (Fsp3) is 0.625. The average Bonchev–Trinajstić information content (AvgIpc) is 3.21. The molecule has 1 saturated heterocycles. The highest BCUT2D eigenvalue weighted by molar-refractivity contribution is 7.89. The minimum absolute atomic E-state index is 0.209. The Bertz CT molecular complexity index is 625. The SMILES string of the molecule is O=S(=O)(NCCCOCC1CCCO1)c1ccc2c(c1)CCO2. The monoisotopic (exact) mass is 341 g/mol. The second-order valence-electron chi connectivity index (χ2n) is 5.83. The highest BCUT2D eigenvalue weighted by Gasteiger charge is 2.19. The molecule has 0 aromatic heterocycles. The summed E-state index contributed by atoms with van der Waals surface area (Å²) < 4.78 is 43.5. The Labute approximate surface area is 137 Å². The molecule has 0 aliphatic carbocycles. The maximum absolute atomic E-state index is 12.3. The van der Waals surface area contributed by atoms with Gasteiger partial charge in [-0.1, -0.05) is 0 Å². The highest BCUT2D eigenvalue weighted by Crippen LogP contribution is 2.27. The van der Waals surface area contributed by atoms with Crippen LogP contribution in [-0.4, -0.2) is 47.5 Å². The van der Waals surface area contributed by atoms with Gasteiger partial charge < -0.3 is 14.2 Å². The fourth-order valence-corrected chi connectivity index (χ4v) is 3.91. The van der Waals surface area contributed by atoms with Crippen LogP contribution >= 0.6 is 0 Å². The Morgan fingerprint density at radius 1 is 1.30 bits per heavy atom. The average molecular weight is 341 g/mol. The summed E-state index contributed by atoms with van der Waals surface area (Å²) >= 11 is 0. The molecule has 0 amide bonds. The zero-order chi connectivity index (χ0) is 16.1. The van der Waals surface area contributed by atoms with Gasteiger partial charge in [0, 0.05) is 26.2 Å². The Kier molecular flexibility index (Phi) is 5.53. The number of benzene rings is 1. The number of rotatable bonds is 8. The fourth-order valence-electron chi connectivity index (χ4n) is 2.78. The van der Waals surface area contributed by atoms with Gasteiger partial charge in [0.2, 0.25) is 10.0 Å². The largest absolute Gasteiger partial charge is 0.493 e. The van der Waals surface area contributed by atoms with Crippen molar-refractivity contribution >= 4 is 10.0 Å². The van der Waals surface area contributed by atoms with Crippen molar-refractivity contribution in [3.8, 4) is 5.75 Å². The molecule has 0 bridgehead atoms. The van der Waals surface area contributed by atoms with Crippen molar-refractivity contribution in [2.45, 2.75) is 36.7 Å². The van der Waals surface area contributed by atoms with Gasteiger partial charge in [0.1, 0.15) is 5.75 Å². The zero-order valence-corrected chi connectivity index (χ0v) is 13.9. The minimum Gasteiger partial charge on any atom is -0.493 e. The molecule has 1 aromatic rings. The van der Waals surface area contributed by atoms with E-state index in [0.717, 1.165) is 37.2 Å². The molecule has 6 nitrogen and oxygen atoms in total. The zero-order valence-electron chi connectivity index (χ0n) is 13.1. The molecule has 7 heteroatoms. The van der Waals surface area contributed by atoms with Crippen molar-refractivity contribution in [1.82, 2.24) is 4.72 Å². The summed E-state index contributed by atoms with van der Waals surface area (Å²) in [5, 5.41) is 0. The van der Waals surface area contributed by atoms with E-state index >= 15 is 0 Å². The van der Waals surface area contributed by atoms with E-state index in [2.05, 4.69) is 4.72 Å². The summed E-state index contributed by atoms with van der Waals surface area (Å²) in [5.41, 5.74) is 0.952. The number of sulfonamides is 1. The van der Waals surface area contributed by atoms with Gasteiger partial charge in [0.15, 0.2) is 0 Å². The molecular weight excluding hydrogens is 318 g/mol. The van der Waals surface area contributed by atoms with Gasteiger partial charge in [-0.05, 0) is 43.0 Å². The summed E-state index contributed by atoms with van der Waals surface area (Å²) in [5.74, 6) is 0.784. The Balaban J connectivity index is 1.40. The van der Waals surface area contributed by atoms with E-state index in [0.29, 0.717) is 37.7 Å². The first-order valence-corrected chi connectivity index (χ1v) is 9.58. The van der Waals surface area contributed by atoms with E-state index in [1.807, 2.05) is 0 Å². The molecule has 128 valence electrons. The first-order chi connectivity index (χ1) is 11.1. The van der Waals surface area contributed by atoms with Crippen LogP contribution in [0.4, 0.5) is 0 Å². The summed E-state index contributed by atoms with van der Waals surface area (Å²) in [6, 6.07) is 5.00. The molecule has 2 aliphatic heterocycles. The molecule has 1 aromatic carbocycles. The summed E-state index contributed by atoms with van der Waals surface area (Å²) in [6.07, 6.45) is 3.75. The van der Waals surface area contributed by atoms with E-state index in [4.69, 9.17) is 14.2 Å². The van der Waals surface area contributed by atoms with E-state index < -0.39 is 10.0 Å². The van der Waals surface area contributed by atoms with Crippen LogP contribution in [0.25, 0.3) is 0 Å². The van der Waals surface area contributed by atoms with E-state index in [1.165, 1.54) is 0 Å². The quantitative estimate of drug-likeness (QED) is 0.725. The molecule has 1 fully saturated rings. The van der Waals surface area contributed by atoms with E-state index in [-0.39, 0.29) is 6.10 Å². The van der Waals surface area contributed by atoms with Crippen LogP contribution in [0.5, 0.6) is 5.75 Å². The Morgan fingerprint density at radius 2 is 2.22 bits per heavy atom. The van der Waals surface area contributed by atoms with Crippen LogP contribution in [0.15, 0.2) is 23.1 Å². The van der Waals surface area contributed by atoms with Crippen LogP contribution < -0.4 is 9.46 Å². The lowest BCUT2D eigenvalue weighted by atomic mass is 10.2. The lowest BCUT2D eigenvalue weighted by Crippen LogP contribution is -2.26. The Hall–Kier alpha value is -1.15. The first-order valence-electron chi connectivity index (χ1n) is 8.10. The van der Waals surface area contributed by atoms with E-state index in [1.54, 1.807) is 18.2 Å². The van der Waals surface area contributed by atoms with E-state index in [9.17, 15) is 8.42 Å². The lowest BCUT2D eigenvalue weighted by Gasteiger charge is -2.11. The van der Waals surface area contributed by atoms with Crippen LogP contribution in [-0.2, 0) is 25.9 Å². The normalized spacial score (nSPS) is 20.4. The van der Waals surface area contributed by atoms with Crippen molar-refractivity contribution in [2.24, 2.45) is 0 Å². The number of nitrogens with one attached hydrogen (secondary N) is 1. The minimum atomic E-state index is -3.47. The number of ether oxygens (including phenoxy) is 3. The summed E-state index contributed by atoms with van der Waals surface area (Å²) in [6.45, 7) is 2.92. The molecular formula is C16H23NO5S. The second-order valence-corrected chi connectivity index (χ2v) is 7.60. The third kappa shape index (κ3) is 4.44. The third-order valence-electron chi connectivity index (χ3n) is 4.06. The van der Waals surface area contributed by atoms with Gasteiger partial charge in [0.25, 0.3) is 0 Å². The predicted molar refractivity (Wildman–Crippen MR) is 85.2 cm³/mol. The third-order valence-corrected chi connectivity index (χ3v) is 5.52. The standard InChI is InChI=1S/C16H23NO5S/c18-23(19,15-4-5-16-13(11-15)6-10-22-16)17-7-2-8-20-12-14-3-1-9-21-14/h4-5,11,14,17H,1-3,6-10,12H2. The highest BCUT2D eigenvalue weighted by atomic mass is 32.2. The van der Waals surface area contributed by atoms with Gasteiger partial charge in [-0.15, -0.1) is 0 Å². The van der Waals surface area contributed by atoms with Crippen LogP contribution in [0.1, 0.15) is 24.8 Å². The lowest BCUT2D eigenvalue weighted by molar-refractivity contribution is 0.0169. The predicted octanol–water partition coefficient (Wildman–Crippen LogP) is 1.49. The van der Waals surface area contributed by atoms with Gasteiger partial charge in [-0.2, -0.15) is 0 Å². The molecule has 2 aliphatic rings. The molecule has 0 saturated carbocycles. The van der Waals surface area contributed by atoms with Gasteiger partial charge >= 0.3 is 0 Å². The molecule has 0 radical (unpaired) electrons. The molecule has 2 heterocycles. The van der Waals surface area contributed by atoms with Crippen molar-refractivity contribution in [2.75, 3.05) is 33.0 Å². The van der Waals surface area contributed by atoms with Crippen molar-refractivity contribution in [3.05, 3.63) is 23.8 Å². The smallest absolute Gasteiger partial charge is 0.240 e. The van der Waals surface area contributed by atoms with Crippen molar-refractivity contribution in [1.29, 1.82) is 0 Å². The van der Waals surface area contributed by atoms with Gasteiger partial charge in [-0.25, -0.2) is 13.1 Å². The van der Waals surface area contributed by atoms with Gasteiger partial charge in [-0.3, -0.25) is 0 Å². The summed E-state index contributed by atoms with van der Waals surface area (Å²) in [7, 11) is -3.47. The molecule has 3 rings (SSSR count). The number of hydrogen-bond acceptors (Lipinski definition) is 5. The van der Waals surface area contributed by atoms with Crippen molar-refractivity contribution in [3.63, 3.8) is 0 Å². The summed E-state index contributed by atoms with van der Waals surface area (Å²) in [4.78, 5) is 0.294. The van der Waals surface area contributed by atoms with Crippen LogP contribution in [0.2, 0.25) is 0 Å². The maximum Gasteiger partial charge on any atom is 0.240 e. The Morgan fingerprint density at radius 3 is 3.04 bits per heavy atom. The molecule has 23 heavy (non-hydrogen) atoms. The molecule has 1 atom stereocenters. The first kappa shape index (κ1) is 16.7. The van der Waals surface area contributed by atoms with Crippen molar-refractivity contribution < 1.29 is 22.6 Å². The topological polar surface area (TPSA) is 73.9 Å². The number of fused-ring (bicyclic) bond motifs is 1.